The predicted molar refractivity (Wildman–Crippen MR) is 71.2 cm³/mol. The van der Waals surface area contributed by atoms with Crippen LogP contribution in [0.25, 0.3) is 31.9 Å². The number of aromatic amines is 1. The van der Waals surface area contributed by atoms with Gasteiger partial charge >= 0.3 is 0 Å². The van der Waals surface area contributed by atoms with Gasteiger partial charge in [-0.05, 0) is 29.0 Å². The van der Waals surface area contributed by atoms with Crippen LogP contribution < -0.4 is 0 Å². The average molecular weight is 223 g/mol. The summed E-state index contributed by atoms with van der Waals surface area (Å²) in [6, 6.07) is 15.0. The fourth-order valence-electron chi connectivity index (χ4n) is 2.36. The first-order valence-electron chi connectivity index (χ1n) is 5.30. The first-order valence-corrected chi connectivity index (χ1v) is 6.18. The van der Waals surface area contributed by atoms with Crippen LogP contribution in [0.1, 0.15) is 0 Å². The number of para-hydroxylation sites is 1. The lowest BCUT2D eigenvalue weighted by atomic mass is 10.1. The molecule has 2 heteroatoms. The lowest BCUT2D eigenvalue weighted by molar-refractivity contribution is 1.55. The fraction of sp³-hybridized carbons (Fsp3) is 0. The molecule has 0 aliphatic rings. The van der Waals surface area contributed by atoms with E-state index in [2.05, 4.69) is 52.8 Å². The van der Waals surface area contributed by atoms with Gasteiger partial charge in [-0.1, -0.05) is 24.3 Å². The zero-order chi connectivity index (χ0) is 10.5. The second-order valence-electron chi connectivity index (χ2n) is 4.00. The molecule has 1 nitrogen and oxygen atoms in total. The van der Waals surface area contributed by atoms with E-state index < -0.39 is 0 Å². The molecule has 2 aromatic carbocycles. The molecule has 0 atom stereocenters. The number of aromatic nitrogens is 1. The Morgan fingerprint density at radius 3 is 2.81 bits per heavy atom. The zero-order valence-electron chi connectivity index (χ0n) is 8.53. The van der Waals surface area contributed by atoms with Crippen molar-refractivity contribution in [3.05, 3.63) is 47.8 Å². The maximum atomic E-state index is 3.47. The summed E-state index contributed by atoms with van der Waals surface area (Å²) in [7, 11) is 0. The lowest BCUT2D eigenvalue weighted by Crippen LogP contribution is -1.67. The molecule has 4 aromatic rings. The number of H-pyrrole nitrogens is 1. The van der Waals surface area contributed by atoms with Gasteiger partial charge in [0.1, 0.15) is 0 Å². The Morgan fingerprint density at radius 1 is 0.875 bits per heavy atom. The second-order valence-corrected chi connectivity index (χ2v) is 4.91. The van der Waals surface area contributed by atoms with Crippen molar-refractivity contribution >= 4 is 43.2 Å². The Morgan fingerprint density at radius 2 is 1.81 bits per heavy atom. The normalized spacial score (nSPS) is 11.8. The molecule has 1 N–H and O–H groups in total. The summed E-state index contributed by atoms with van der Waals surface area (Å²) in [6.45, 7) is 0. The van der Waals surface area contributed by atoms with E-state index in [4.69, 9.17) is 0 Å². The van der Waals surface area contributed by atoms with Gasteiger partial charge in [0.15, 0.2) is 0 Å². The van der Waals surface area contributed by atoms with Crippen LogP contribution in [0.5, 0.6) is 0 Å². The highest BCUT2D eigenvalue weighted by molar-refractivity contribution is 7.18. The maximum Gasteiger partial charge on any atom is 0.0479 e. The number of thiophene rings is 1. The molecule has 0 spiro atoms. The van der Waals surface area contributed by atoms with E-state index in [-0.39, 0.29) is 0 Å². The molecule has 0 bridgehead atoms. The van der Waals surface area contributed by atoms with Gasteiger partial charge in [-0.25, -0.2) is 0 Å². The highest BCUT2D eigenvalue weighted by Gasteiger charge is 2.07. The topological polar surface area (TPSA) is 15.8 Å². The van der Waals surface area contributed by atoms with Crippen molar-refractivity contribution in [2.45, 2.75) is 0 Å². The van der Waals surface area contributed by atoms with Gasteiger partial charge in [-0.3, -0.25) is 0 Å². The molecule has 0 saturated heterocycles. The maximum absolute atomic E-state index is 3.47. The smallest absolute Gasteiger partial charge is 0.0479 e. The van der Waals surface area contributed by atoms with E-state index in [1.54, 1.807) is 0 Å². The summed E-state index contributed by atoms with van der Waals surface area (Å²) < 4.78 is 1.38. The molecule has 76 valence electrons. The van der Waals surface area contributed by atoms with Crippen molar-refractivity contribution in [2.75, 3.05) is 0 Å². The largest absolute Gasteiger partial charge is 0.354 e. The number of hydrogen-bond acceptors (Lipinski definition) is 1. The van der Waals surface area contributed by atoms with Crippen LogP contribution in [0.4, 0.5) is 0 Å². The van der Waals surface area contributed by atoms with E-state index in [0.717, 1.165) is 0 Å². The van der Waals surface area contributed by atoms with Crippen LogP contribution in [0, 0.1) is 0 Å². The van der Waals surface area contributed by atoms with Crippen molar-refractivity contribution in [1.82, 2.24) is 4.98 Å². The van der Waals surface area contributed by atoms with Crippen LogP contribution >= 0.6 is 11.3 Å². The SMILES string of the molecule is c1ccc2c(c1)[nH]c1ccc3ccsc3c12. The van der Waals surface area contributed by atoms with E-state index >= 15 is 0 Å². The third-order valence-corrected chi connectivity index (χ3v) is 4.04. The van der Waals surface area contributed by atoms with Gasteiger partial charge in [0.25, 0.3) is 0 Å². The Balaban J connectivity index is 2.42. The first-order chi connectivity index (χ1) is 7.93. The van der Waals surface area contributed by atoms with Crippen molar-refractivity contribution < 1.29 is 0 Å². The Labute approximate surface area is 96.3 Å². The van der Waals surface area contributed by atoms with E-state index in [1.807, 2.05) is 11.3 Å². The Kier molecular flexibility index (Phi) is 1.50. The molecule has 0 fully saturated rings. The lowest BCUT2D eigenvalue weighted by Gasteiger charge is -1.93. The predicted octanol–water partition coefficient (Wildman–Crippen LogP) is 4.54. The minimum atomic E-state index is 1.22. The summed E-state index contributed by atoms with van der Waals surface area (Å²) in [5.74, 6) is 0. The van der Waals surface area contributed by atoms with Gasteiger partial charge in [-0.15, -0.1) is 11.3 Å². The van der Waals surface area contributed by atoms with E-state index in [1.165, 1.54) is 31.9 Å². The van der Waals surface area contributed by atoms with Gasteiger partial charge in [0.05, 0.1) is 0 Å². The number of rotatable bonds is 0. The highest BCUT2D eigenvalue weighted by Crippen LogP contribution is 2.34. The minimum Gasteiger partial charge on any atom is -0.354 e. The monoisotopic (exact) mass is 223 g/mol. The minimum absolute atomic E-state index is 1.22. The van der Waals surface area contributed by atoms with Gasteiger partial charge < -0.3 is 4.98 Å². The number of nitrogens with one attached hydrogen (secondary N) is 1. The standard InChI is InChI=1S/C14H9NS/c1-2-4-11-10(3-1)13-12(15-11)6-5-9-7-8-16-14(9)13/h1-8,15H. The number of benzene rings is 2. The summed E-state index contributed by atoms with van der Waals surface area (Å²) in [4.78, 5) is 3.47. The Hall–Kier alpha value is -1.80. The molecule has 0 aliphatic carbocycles. The third kappa shape index (κ3) is 0.947. The Bertz CT molecular complexity index is 807. The van der Waals surface area contributed by atoms with Crippen LogP contribution in [0.15, 0.2) is 47.8 Å². The van der Waals surface area contributed by atoms with Crippen LogP contribution in [-0.4, -0.2) is 4.98 Å². The molecule has 0 unspecified atom stereocenters. The van der Waals surface area contributed by atoms with E-state index in [0.29, 0.717) is 0 Å². The molecule has 0 aliphatic heterocycles. The van der Waals surface area contributed by atoms with Crippen LogP contribution in [-0.2, 0) is 0 Å². The van der Waals surface area contributed by atoms with Crippen LogP contribution in [0.3, 0.4) is 0 Å². The number of fused-ring (bicyclic) bond motifs is 5. The molecule has 0 saturated carbocycles. The molecule has 4 rings (SSSR count). The van der Waals surface area contributed by atoms with Crippen molar-refractivity contribution in [1.29, 1.82) is 0 Å². The van der Waals surface area contributed by atoms with Crippen molar-refractivity contribution in [3.63, 3.8) is 0 Å². The molecule has 2 aromatic heterocycles. The molecule has 16 heavy (non-hydrogen) atoms. The van der Waals surface area contributed by atoms with Gasteiger partial charge in [0, 0.05) is 26.5 Å². The summed E-state index contributed by atoms with van der Waals surface area (Å²) in [6.07, 6.45) is 0. The van der Waals surface area contributed by atoms with Crippen molar-refractivity contribution in [2.24, 2.45) is 0 Å². The third-order valence-electron chi connectivity index (χ3n) is 3.09. The quantitative estimate of drug-likeness (QED) is 0.450. The summed E-state index contributed by atoms with van der Waals surface area (Å²) >= 11 is 1.82. The number of hydrogen-bond donors (Lipinski definition) is 1. The highest BCUT2D eigenvalue weighted by atomic mass is 32.1. The second kappa shape index (κ2) is 2.86. The van der Waals surface area contributed by atoms with Gasteiger partial charge in [0.2, 0.25) is 0 Å². The van der Waals surface area contributed by atoms with Gasteiger partial charge in [-0.2, -0.15) is 0 Å². The molecule has 2 heterocycles. The molecule has 0 radical (unpaired) electrons. The van der Waals surface area contributed by atoms with Crippen molar-refractivity contribution in [3.8, 4) is 0 Å². The molecular weight excluding hydrogens is 214 g/mol. The van der Waals surface area contributed by atoms with E-state index in [9.17, 15) is 0 Å². The summed E-state index contributed by atoms with van der Waals surface area (Å²) in [5.41, 5.74) is 2.45. The zero-order valence-corrected chi connectivity index (χ0v) is 9.34. The average Bonchev–Trinajstić information content (AvgIpc) is 2.91. The first kappa shape index (κ1) is 8.36. The summed E-state index contributed by atoms with van der Waals surface area (Å²) in [5, 5.41) is 6.18. The fourth-order valence-corrected chi connectivity index (χ4v) is 3.32. The molecular formula is C14H9NS. The van der Waals surface area contributed by atoms with Crippen LogP contribution in [0.2, 0.25) is 0 Å². The molecule has 0 amide bonds.